The number of anilines is 1. The Balaban J connectivity index is 2.38. The lowest BCUT2D eigenvalue weighted by atomic mass is 10.2. The molecule has 0 fully saturated rings. The Morgan fingerprint density at radius 1 is 0.950 bits per heavy atom. The van der Waals surface area contributed by atoms with Crippen LogP contribution >= 0.6 is 0 Å². The summed E-state index contributed by atoms with van der Waals surface area (Å²) >= 11 is 0. The van der Waals surface area contributed by atoms with Gasteiger partial charge in [-0.1, -0.05) is 30.3 Å². The molecule has 0 bridgehead atoms. The van der Waals surface area contributed by atoms with E-state index in [9.17, 15) is 13.2 Å². The van der Waals surface area contributed by atoms with Crippen LogP contribution in [0.1, 0.15) is 10.4 Å². The summed E-state index contributed by atoms with van der Waals surface area (Å²) in [5.41, 5.74) is 0.519. The second-order valence-corrected chi connectivity index (χ2v) is 5.73. The zero-order valence-electron chi connectivity index (χ0n) is 10.8. The average molecular weight is 290 g/mol. The SMILES string of the molecule is CNC(=O)c1ccccc1NS(=O)(=O)c1ccccc1. The Bertz CT molecular complexity index is 712. The van der Waals surface area contributed by atoms with Gasteiger partial charge in [0.05, 0.1) is 16.1 Å². The van der Waals surface area contributed by atoms with E-state index in [1.165, 1.54) is 19.2 Å². The summed E-state index contributed by atoms with van der Waals surface area (Å²) in [7, 11) is -2.22. The number of hydrogen-bond donors (Lipinski definition) is 2. The maximum Gasteiger partial charge on any atom is 0.261 e. The van der Waals surface area contributed by atoms with Gasteiger partial charge in [-0.2, -0.15) is 0 Å². The van der Waals surface area contributed by atoms with Crippen molar-refractivity contribution in [1.82, 2.24) is 5.32 Å². The van der Waals surface area contributed by atoms with Crippen LogP contribution in [0, 0.1) is 0 Å². The number of benzene rings is 2. The van der Waals surface area contributed by atoms with Crippen molar-refractivity contribution in [1.29, 1.82) is 0 Å². The number of para-hydroxylation sites is 1. The molecular weight excluding hydrogens is 276 g/mol. The minimum Gasteiger partial charge on any atom is -0.355 e. The fraction of sp³-hybridized carbons (Fsp3) is 0.0714. The summed E-state index contributed by atoms with van der Waals surface area (Å²) in [4.78, 5) is 11.9. The van der Waals surface area contributed by atoms with Crippen molar-refractivity contribution < 1.29 is 13.2 Å². The lowest BCUT2D eigenvalue weighted by Crippen LogP contribution is -2.21. The van der Waals surface area contributed by atoms with Crippen LogP contribution in [-0.4, -0.2) is 21.4 Å². The van der Waals surface area contributed by atoms with Crippen LogP contribution in [0.2, 0.25) is 0 Å². The fourth-order valence-electron chi connectivity index (χ4n) is 1.71. The summed E-state index contributed by atoms with van der Waals surface area (Å²) < 4.78 is 26.9. The Kier molecular flexibility index (Phi) is 4.05. The van der Waals surface area contributed by atoms with Gasteiger partial charge in [-0.3, -0.25) is 9.52 Å². The molecule has 2 aromatic carbocycles. The molecule has 0 radical (unpaired) electrons. The molecule has 0 saturated heterocycles. The zero-order chi connectivity index (χ0) is 14.6. The van der Waals surface area contributed by atoms with E-state index in [-0.39, 0.29) is 22.1 Å². The number of amides is 1. The first-order chi connectivity index (χ1) is 9.54. The molecule has 104 valence electrons. The van der Waals surface area contributed by atoms with E-state index in [0.29, 0.717) is 0 Å². The van der Waals surface area contributed by atoms with Gasteiger partial charge >= 0.3 is 0 Å². The Morgan fingerprint density at radius 3 is 2.20 bits per heavy atom. The van der Waals surface area contributed by atoms with Gasteiger partial charge in [-0.15, -0.1) is 0 Å². The molecule has 0 saturated carbocycles. The first-order valence-electron chi connectivity index (χ1n) is 5.93. The van der Waals surface area contributed by atoms with Gasteiger partial charge in [-0.25, -0.2) is 8.42 Å². The highest BCUT2D eigenvalue weighted by atomic mass is 32.2. The van der Waals surface area contributed by atoms with Gasteiger partial charge < -0.3 is 5.32 Å². The molecule has 20 heavy (non-hydrogen) atoms. The van der Waals surface area contributed by atoms with Crippen molar-refractivity contribution in [2.45, 2.75) is 4.90 Å². The second kappa shape index (κ2) is 5.75. The largest absolute Gasteiger partial charge is 0.355 e. The number of hydrogen-bond acceptors (Lipinski definition) is 3. The van der Waals surface area contributed by atoms with Crippen LogP contribution in [0.4, 0.5) is 5.69 Å². The molecular formula is C14H14N2O3S. The Hall–Kier alpha value is -2.34. The number of nitrogens with one attached hydrogen (secondary N) is 2. The first-order valence-corrected chi connectivity index (χ1v) is 7.42. The van der Waals surface area contributed by atoms with Crippen LogP contribution in [0.5, 0.6) is 0 Å². The van der Waals surface area contributed by atoms with Gasteiger partial charge in [0.25, 0.3) is 15.9 Å². The van der Waals surface area contributed by atoms with Gasteiger partial charge in [0.1, 0.15) is 0 Å². The lowest BCUT2D eigenvalue weighted by Gasteiger charge is -2.11. The van der Waals surface area contributed by atoms with E-state index in [4.69, 9.17) is 0 Å². The van der Waals surface area contributed by atoms with Crippen LogP contribution in [0.15, 0.2) is 59.5 Å². The quantitative estimate of drug-likeness (QED) is 0.902. The normalized spacial score (nSPS) is 10.8. The van der Waals surface area contributed by atoms with E-state index >= 15 is 0 Å². The standard InChI is InChI=1S/C14H14N2O3S/c1-15-14(17)12-9-5-6-10-13(12)16-20(18,19)11-7-3-2-4-8-11/h2-10,16H,1H3,(H,15,17). The highest BCUT2D eigenvalue weighted by Gasteiger charge is 2.17. The van der Waals surface area contributed by atoms with Crippen LogP contribution in [-0.2, 0) is 10.0 Å². The zero-order valence-corrected chi connectivity index (χ0v) is 11.6. The van der Waals surface area contributed by atoms with Crippen LogP contribution < -0.4 is 10.0 Å². The Morgan fingerprint density at radius 2 is 1.55 bits per heavy atom. The second-order valence-electron chi connectivity index (χ2n) is 4.04. The third-order valence-electron chi connectivity index (χ3n) is 2.70. The number of carbonyl (C=O) groups is 1. The van der Waals surface area contributed by atoms with Gasteiger partial charge in [-0.05, 0) is 24.3 Å². The molecule has 6 heteroatoms. The lowest BCUT2D eigenvalue weighted by molar-refractivity contribution is 0.0964. The third kappa shape index (κ3) is 2.97. The van der Waals surface area contributed by atoms with Gasteiger partial charge in [0.2, 0.25) is 0 Å². The molecule has 5 nitrogen and oxygen atoms in total. The number of rotatable bonds is 4. The minimum atomic E-state index is -3.71. The van der Waals surface area contributed by atoms with E-state index in [1.807, 2.05) is 0 Å². The summed E-state index contributed by atoms with van der Waals surface area (Å²) in [5, 5.41) is 2.47. The maximum atomic E-state index is 12.2. The molecule has 1 amide bonds. The van der Waals surface area contributed by atoms with Crippen molar-refractivity contribution >= 4 is 21.6 Å². The molecule has 0 aliphatic heterocycles. The van der Waals surface area contributed by atoms with Crippen molar-refractivity contribution in [3.05, 3.63) is 60.2 Å². The minimum absolute atomic E-state index is 0.145. The van der Waals surface area contributed by atoms with Crippen LogP contribution in [0.3, 0.4) is 0 Å². The maximum absolute atomic E-state index is 12.2. The van der Waals surface area contributed by atoms with E-state index in [0.717, 1.165) is 0 Å². The predicted octanol–water partition coefficient (Wildman–Crippen LogP) is 1.85. The van der Waals surface area contributed by atoms with Gasteiger partial charge in [0, 0.05) is 7.05 Å². The number of carbonyl (C=O) groups excluding carboxylic acids is 1. The highest BCUT2D eigenvalue weighted by molar-refractivity contribution is 7.92. The summed E-state index contributed by atoms with van der Waals surface area (Å²) in [5.74, 6) is -0.351. The smallest absolute Gasteiger partial charge is 0.261 e. The topological polar surface area (TPSA) is 75.3 Å². The first kappa shape index (κ1) is 14.1. The summed E-state index contributed by atoms with van der Waals surface area (Å²) in [6.07, 6.45) is 0. The van der Waals surface area contributed by atoms with Gasteiger partial charge in [0.15, 0.2) is 0 Å². The molecule has 2 aromatic rings. The summed E-state index contributed by atoms with van der Waals surface area (Å²) in [6, 6.07) is 14.4. The molecule has 0 atom stereocenters. The van der Waals surface area contributed by atoms with Crippen LogP contribution in [0.25, 0.3) is 0 Å². The van der Waals surface area contributed by atoms with Crippen molar-refractivity contribution in [2.75, 3.05) is 11.8 Å². The number of sulfonamides is 1. The molecule has 0 aromatic heterocycles. The monoisotopic (exact) mass is 290 g/mol. The van der Waals surface area contributed by atoms with E-state index < -0.39 is 10.0 Å². The van der Waals surface area contributed by atoms with E-state index in [2.05, 4.69) is 10.0 Å². The van der Waals surface area contributed by atoms with Crippen molar-refractivity contribution in [3.63, 3.8) is 0 Å². The molecule has 0 aliphatic carbocycles. The van der Waals surface area contributed by atoms with E-state index in [1.54, 1.807) is 42.5 Å². The average Bonchev–Trinajstić information content (AvgIpc) is 2.47. The summed E-state index contributed by atoms with van der Waals surface area (Å²) in [6.45, 7) is 0. The molecule has 0 aliphatic rings. The Labute approximate surface area is 117 Å². The molecule has 0 unspecified atom stereocenters. The predicted molar refractivity (Wildman–Crippen MR) is 77.1 cm³/mol. The molecule has 0 spiro atoms. The third-order valence-corrected chi connectivity index (χ3v) is 4.08. The molecule has 2 N–H and O–H groups in total. The van der Waals surface area contributed by atoms with Crippen molar-refractivity contribution in [3.8, 4) is 0 Å². The fourth-order valence-corrected chi connectivity index (χ4v) is 2.81. The molecule has 2 rings (SSSR count). The highest BCUT2D eigenvalue weighted by Crippen LogP contribution is 2.19. The van der Waals surface area contributed by atoms with Crippen molar-refractivity contribution in [2.24, 2.45) is 0 Å². The molecule has 0 heterocycles.